The van der Waals surface area contributed by atoms with Crippen molar-refractivity contribution in [3.63, 3.8) is 0 Å². The van der Waals surface area contributed by atoms with Crippen LogP contribution in [-0.2, 0) is 18.6 Å². The summed E-state index contributed by atoms with van der Waals surface area (Å²) in [5, 5.41) is 29.7. The lowest BCUT2D eigenvalue weighted by atomic mass is 9.79. The smallest absolute Gasteiger partial charge is 0.123 e. The van der Waals surface area contributed by atoms with Crippen molar-refractivity contribution in [2.75, 3.05) is 0 Å². The monoisotopic (exact) mass is 356 g/mol. The molecule has 3 heteroatoms. The number of rotatable bonds is 9. The third kappa shape index (κ3) is 4.87. The van der Waals surface area contributed by atoms with Crippen LogP contribution < -0.4 is 0 Å². The second-order valence-electron chi connectivity index (χ2n) is 7.73. The quantitative estimate of drug-likeness (QED) is 0.535. The molecule has 2 aromatic carbocycles. The first-order valence-corrected chi connectivity index (χ1v) is 9.60. The summed E-state index contributed by atoms with van der Waals surface area (Å²) in [5.41, 5.74) is 4.09. The predicted octanol–water partition coefficient (Wildman–Crippen LogP) is 5.29. The maximum Gasteiger partial charge on any atom is 0.123 e. The molecule has 2 aromatic rings. The Morgan fingerprint density at radius 3 is 2.23 bits per heavy atom. The number of unbranched alkanes of at least 4 members (excludes halogenated alkanes) is 3. The Morgan fingerprint density at radius 2 is 1.62 bits per heavy atom. The van der Waals surface area contributed by atoms with E-state index in [1.54, 1.807) is 12.1 Å². The molecule has 0 fully saturated rings. The molecule has 0 aliphatic heterocycles. The molecular formula is C23H32O3. The van der Waals surface area contributed by atoms with Gasteiger partial charge in [-0.1, -0.05) is 70.7 Å². The lowest BCUT2D eigenvalue weighted by molar-refractivity contribution is 0.278. The number of hydrogen-bond donors (Lipinski definition) is 3. The van der Waals surface area contributed by atoms with Gasteiger partial charge in [-0.15, -0.1) is 0 Å². The number of hydrogen-bond acceptors (Lipinski definition) is 3. The van der Waals surface area contributed by atoms with Gasteiger partial charge in [-0.2, -0.15) is 0 Å². The van der Waals surface area contributed by atoms with Gasteiger partial charge in [-0.3, -0.25) is 0 Å². The van der Waals surface area contributed by atoms with Crippen molar-refractivity contribution in [2.24, 2.45) is 0 Å². The highest BCUT2D eigenvalue weighted by molar-refractivity contribution is 5.74. The average molecular weight is 357 g/mol. The summed E-state index contributed by atoms with van der Waals surface area (Å²) < 4.78 is 0. The first-order valence-electron chi connectivity index (χ1n) is 9.60. The van der Waals surface area contributed by atoms with Crippen LogP contribution in [0.5, 0.6) is 5.75 Å². The molecule has 0 saturated carbocycles. The number of aromatic hydroxyl groups is 1. The van der Waals surface area contributed by atoms with Gasteiger partial charge >= 0.3 is 0 Å². The van der Waals surface area contributed by atoms with E-state index in [-0.39, 0.29) is 24.4 Å². The summed E-state index contributed by atoms with van der Waals surface area (Å²) >= 11 is 0. The molecule has 0 spiro atoms. The predicted molar refractivity (Wildman–Crippen MR) is 107 cm³/mol. The molecule has 0 saturated heterocycles. The lowest BCUT2D eigenvalue weighted by Crippen LogP contribution is -2.16. The van der Waals surface area contributed by atoms with Gasteiger partial charge in [-0.05, 0) is 46.2 Å². The number of benzene rings is 2. The summed E-state index contributed by atoms with van der Waals surface area (Å²) in [6.07, 6.45) is 6.03. The normalized spacial score (nSPS) is 11.7. The Hall–Kier alpha value is -1.84. The number of phenols is 1. The highest BCUT2D eigenvalue weighted by Gasteiger charge is 2.22. The maximum absolute atomic E-state index is 10.7. The summed E-state index contributed by atoms with van der Waals surface area (Å²) in [6.45, 7) is 6.49. The van der Waals surface area contributed by atoms with E-state index in [9.17, 15) is 15.3 Å². The van der Waals surface area contributed by atoms with E-state index in [2.05, 4.69) is 26.8 Å². The minimum absolute atomic E-state index is 0.0104. The van der Waals surface area contributed by atoms with E-state index < -0.39 is 0 Å². The number of aliphatic hydroxyl groups is 2. The van der Waals surface area contributed by atoms with Gasteiger partial charge in [0.1, 0.15) is 5.75 Å². The molecule has 0 radical (unpaired) electrons. The van der Waals surface area contributed by atoms with Crippen molar-refractivity contribution in [1.82, 2.24) is 0 Å². The fourth-order valence-electron chi connectivity index (χ4n) is 3.43. The van der Waals surface area contributed by atoms with Gasteiger partial charge in [-0.25, -0.2) is 0 Å². The van der Waals surface area contributed by atoms with E-state index in [0.717, 1.165) is 28.7 Å². The van der Waals surface area contributed by atoms with Crippen LogP contribution in [0.3, 0.4) is 0 Å². The van der Waals surface area contributed by atoms with Crippen LogP contribution in [0, 0.1) is 0 Å². The zero-order chi connectivity index (χ0) is 19.2. The lowest BCUT2D eigenvalue weighted by Gasteiger charge is -2.26. The minimum Gasteiger partial charge on any atom is -0.507 e. The zero-order valence-corrected chi connectivity index (χ0v) is 16.3. The fraction of sp³-hybridized carbons (Fsp3) is 0.478. The summed E-state index contributed by atoms with van der Waals surface area (Å²) in [4.78, 5) is 0. The zero-order valence-electron chi connectivity index (χ0n) is 16.3. The molecular weight excluding hydrogens is 324 g/mol. The van der Waals surface area contributed by atoms with Gasteiger partial charge in [0.15, 0.2) is 0 Å². The molecule has 0 atom stereocenters. The van der Waals surface area contributed by atoms with Crippen molar-refractivity contribution in [2.45, 2.75) is 71.5 Å². The molecule has 2 rings (SSSR count). The second-order valence-corrected chi connectivity index (χ2v) is 7.73. The third-order valence-corrected chi connectivity index (χ3v) is 5.25. The molecule has 3 N–H and O–H groups in total. The molecule has 0 bridgehead atoms. The van der Waals surface area contributed by atoms with Crippen molar-refractivity contribution < 1.29 is 15.3 Å². The largest absolute Gasteiger partial charge is 0.507 e. The van der Waals surface area contributed by atoms with Gasteiger partial charge in [0.05, 0.1) is 13.2 Å². The first-order chi connectivity index (χ1) is 12.4. The van der Waals surface area contributed by atoms with Crippen LogP contribution in [0.4, 0.5) is 0 Å². The Balaban J connectivity index is 2.30. The Labute approximate surface area is 157 Å². The average Bonchev–Trinajstić information content (AvgIpc) is 2.64. The first kappa shape index (κ1) is 20.5. The number of phenolic OH excluding ortho intramolecular Hbond substituents is 1. The van der Waals surface area contributed by atoms with Crippen molar-refractivity contribution >= 4 is 0 Å². The van der Waals surface area contributed by atoms with E-state index >= 15 is 0 Å². The van der Waals surface area contributed by atoms with Crippen molar-refractivity contribution in [3.8, 4) is 16.9 Å². The van der Waals surface area contributed by atoms with Crippen molar-refractivity contribution in [3.05, 3.63) is 53.1 Å². The molecule has 0 aliphatic rings. The van der Waals surface area contributed by atoms with Gasteiger partial charge in [0.2, 0.25) is 0 Å². The van der Waals surface area contributed by atoms with E-state index in [1.165, 1.54) is 25.7 Å². The Bertz CT molecular complexity index is 719. The Kier molecular flexibility index (Phi) is 7.24. The molecule has 0 aliphatic carbocycles. The summed E-state index contributed by atoms with van der Waals surface area (Å²) in [6, 6.07) is 11.3. The van der Waals surface area contributed by atoms with Crippen LogP contribution in [-0.4, -0.2) is 15.3 Å². The van der Waals surface area contributed by atoms with E-state index in [0.29, 0.717) is 5.56 Å². The molecule has 0 aromatic heterocycles. The topological polar surface area (TPSA) is 60.7 Å². The molecule has 3 nitrogen and oxygen atoms in total. The summed E-state index contributed by atoms with van der Waals surface area (Å²) in [7, 11) is 0. The molecule has 142 valence electrons. The fourth-order valence-corrected chi connectivity index (χ4v) is 3.43. The van der Waals surface area contributed by atoms with Crippen LogP contribution in [0.15, 0.2) is 36.4 Å². The van der Waals surface area contributed by atoms with Crippen LogP contribution >= 0.6 is 0 Å². The standard InChI is InChI=1S/C23H32O3/c1-4-5-6-7-12-23(2,3)19-10-11-20(22(26)14-19)21-13-17(15-24)8-9-18(21)16-25/h8-11,13-14,24-26H,4-7,12,15-16H2,1-3H3. The molecule has 0 heterocycles. The van der Waals surface area contributed by atoms with Gasteiger partial charge in [0, 0.05) is 5.56 Å². The van der Waals surface area contributed by atoms with Crippen LogP contribution in [0.2, 0.25) is 0 Å². The van der Waals surface area contributed by atoms with Crippen LogP contribution in [0.1, 0.15) is 69.6 Å². The van der Waals surface area contributed by atoms with E-state index in [4.69, 9.17) is 0 Å². The SMILES string of the molecule is CCCCCCC(C)(C)c1ccc(-c2cc(CO)ccc2CO)c(O)c1. The molecule has 26 heavy (non-hydrogen) atoms. The maximum atomic E-state index is 10.7. The van der Waals surface area contributed by atoms with Gasteiger partial charge in [0.25, 0.3) is 0 Å². The van der Waals surface area contributed by atoms with Gasteiger partial charge < -0.3 is 15.3 Å². The third-order valence-electron chi connectivity index (χ3n) is 5.25. The van der Waals surface area contributed by atoms with E-state index in [1.807, 2.05) is 18.2 Å². The summed E-state index contributed by atoms with van der Waals surface area (Å²) in [5.74, 6) is 0.217. The molecule has 0 unspecified atom stereocenters. The highest BCUT2D eigenvalue weighted by atomic mass is 16.3. The molecule has 0 amide bonds. The second kappa shape index (κ2) is 9.20. The number of aliphatic hydroxyl groups excluding tert-OH is 2. The van der Waals surface area contributed by atoms with Crippen LogP contribution in [0.25, 0.3) is 11.1 Å². The minimum atomic E-state index is -0.106. The highest BCUT2D eigenvalue weighted by Crippen LogP contribution is 2.38. The van der Waals surface area contributed by atoms with Crippen molar-refractivity contribution in [1.29, 1.82) is 0 Å². The Morgan fingerprint density at radius 1 is 0.846 bits per heavy atom.